The molecule has 21 heavy (non-hydrogen) atoms. The van der Waals surface area contributed by atoms with E-state index in [1.807, 2.05) is 31.2 Å². The molecular formula is C17H25ClN2O. The molecule has 0 radical (unpaired) electrons. The highest BCUT2D eigenvalue weighted by Crippen LogP contribution is 2.11. The van der Waals surface area contributed by atoms with Gasteiger partial charge in [-0.2, -0.15) is 5.10 Å². The minimum atomic E-state index is -0.00795. The first-order chi connectivity index (χ1) is 10.2. The molecule has 1 rings (SSSR count). The Labute approximate surface area is 132 Å². The number of hydrogen-bond acceptors (Lipinski definition) is 2. The largest absolute Gasteiger partial charge is 0.273 e. The highest BCUT2D eigenvalue weighted by atomic mass is 35.5. The Morgan fingerprint density at radius 2 is 1.76 bits per heavy atom. The van der Waals surface area contributed by atoms with Crippen LogP contribution in [0.15, 0.2) is 29.4 Å². The molecule has 0 spiro atoms. The van der Waals surface area contributed by atoms with Crippen molar-refractivity contribution >= 4 is 23.2 Å². The summed E-state index contributed by atoms with van der Waals surface area (Å²) in [6.07, 6.45) is 7.03. The Hall–Kier alpha value is -1.35. The van der Waals surface area contributed by atoms with Gasteiger partial charge in [0, 0.05) is 11.4 Å². The number of benzene rings is 1. The molecular weight excluding hydrogens is 284 g/mol. The van der Waals surface area contributed by atoms with Crippen molar-refractivity contribution in [3.8, 4) is 0 Å². The maximum absolute atomic E-state index is 11.7. The molecule has 0 aromatic heterocycles. The van der Waals surface area contributed by atoms with Crippen LogP contribution in [0, 0.1) is 0 Å². The molecule has 116 valence electrons. The fourth-order valence-corrected chi connectivity index (χ4v) is 2.19. The average molecular weight is 309 g/mol. The number of hydrazone groups is 1. The lowest BCUT2D eigenvalue weighted by atomic mass is 10.1. The highest BCUT2D eigenvalue weighted by Gasteiger charge is 2.04. The molecule has 0 aliphatic heterocycles. The molecule has 3 nitrogen and oxygen atoms in total. The van der Waals surface area contributed by atoms with Gasteiger partial charge in [0.05, 0.1) is 5.71 Å². The zero-order valence-electron chi connectivity index (χ0n) is 13.0. The molecule has 0 fully saturated rings. The van der Waals surface area contributed by atoms with Crippen LogP contribution < -0.4 is 5.43 Å². The second kappa shape index (κ2) is 10.4. The van der Waals surface area contributed by atoms with Crippen molar-refractivity contribution in [3.63, 3.8) is 0 Å². The second-order valence-corrected chi connectivity index (χ2v) is 5.55. The monoisotopic (exact) mass is 308 g/mol. The maximum Gasteiger partial charge on any atom is 0.240 e. The number of hydrogen-bond donors (Lipinski definition) is 1. The molecule has 1 aromatic rings. The minimum absolute atomic E-state index is 0.00795. The summed E-state index contributed by atoms with van der Waals surface area (Å²) >= 11 is 5.87. The van der Waals surface area contributed by atoms with E-state index in [1.54, 1.807) is 0 Å². The van der Waals surface area contributed by atoms with Gasteiger partial charge in [-0.25, -0.2) is 5.43 Å². The Kier molecular flexibility index (Phi) is 8.76. The molecule has 0 atom stereocenters. The summed E-state index contributed by atoms with van der Waals surface area (Å²) in [7, 11) is 0. The van der Waals surface area contributed by atoms with Gasteiger partial charge >= 0.3 is 0 Å². The van der Waals surface area contributed by atoms with Crippen molar-refractivity contribution in [1.82, 2.24) is 5.43 Å². The zero-order valence-corrected chi connectivity index (χ0v) is 13.7. The smallest absolute Gasteiger partial charge is 0.240 e. The van der Waals surface area contributed by atoms with Crippen LogP contribution in [0.3, 0.4) is 0 Å². The molecule has 0 heterocycles. The van der Waals surface area contributed by atoms with Gasteiger partial charge in [0.15, 0.2) is 0 Å². The van der Waals surface area contributed by atoms with Crippen LogP contribution in [0.1, 0.15) is 64.4 Å². The van der Waals surface area contributed by atoms with Crippen LogP contribution in [-0.4, -0.2) is 11.6 Å². The molecule has 0 bridgehead atoms. The predicted octanol–water partition coefficient (Wildman–Crippen LogP) is 4.93. The Morgan fingerprint density at radius 1 is 1.10 bits per heavy atom. The number of nitrogens with one attached hydrogen (secondary N) is 1. The third-order valence-electron chi connectivity index (χ3n) is 3.34. The van der Waals surface area contributed by atoms with E-state index in [4.69, 9.17) is 11.6 Å². The fraction of sp³-hybridized carbons (Fsp3) is 0.529. The summed E-state index contributed by atoms with van der Waals surface area (Å²) in [6.45, 7) is 4.20. The van der Waals surface area contributed by atoms with E-state index in [9.17, 15) is 4.79 Å². The second-order valence-electron chi connectivity index (χ2n) is 5.12. The summed E-state index contributed by atoms with van der Waals surface area (Å²) in [5.74, 6) is -0.00795. The van der Waals surface area contributed by atoms with Crippen LogP contribution in [0.4, 0.5) is 0 Å². The number of halogens is 1. The lowest BCUT2D eigenvalue weighted by Gasteiger charge is -2.05. The number of amides is 1. The number of carbonyl (C=O) groups excluding carboxylic acids is 1. The van der Waals surface area contributed by atoms with Crippen molar-refractivity contribution < 1.29 is 4.79 Å². The first-order valence-electron chi connectivity index (χ1n) is 7.78. The summed E-state index contributed by atoms with van der Waals surface area (Å²) in [5, 5.41) is 4.93. The number of carbonyl (C=O) groups is 1. The highest BCUT2D eigenvalue weighted by molar-refractivity contribution is 6.30. The molecule has 0 saturated carbocycles. The summed E-state index contributed by atoms with van der Waals surface area (Å²) in [6, 6.07) is 7.50. The molecule has 0 unspecified atom stereocenters. The SMILES string of the molecule is CCCCCCCC(=O)NN=C(CC)c1ccc(Cl)cc1. The van der Waals surface area contributed by atoms with Crippen molar-refractivity contribution in [3.05, 3.63) is 34.9 Å². The van der Waals surface area contributed by atoms with Crippen LogP contribution >= 0.6 is 11.6 Å². The van der Waals surface area contributed by atoms with Gasteiger partial charge in [-0.15, -0.1) is 0 Å². The van der Waals surface area contributed by atoms with Crippen molar-refractivity contribution in [2.24, 2.45) is 5.10 Å². The number of rotatable bonds is 9. The molecule has 4 heteroatoms. The van der Waals surface area contributed by atoms with Gasteiger partial charge < -0.3 is 0 Å². The first-order valence-corrected chi connectivity index (χ1v) is 8.16. The topological polar surface area (TPSA) is 41.5 Å². The summed E-state index contributed by atoms with van der Waals surface area (Å²) < 4.78 is 0. The van der Waals surface area contributed by atoms with E-state index in [2.05, 4.69) is 17.5 Å². The van der Waals surface area contributed by atoms with E-state index in [1.165, 1.54) is 19.3 Å². The zero-order chi connectivity index (χ0) is 15.5. The Balaban J connectivity index is 2.41. The predicted molar refractivity (Wildman–Crippen MR) is 89.8 cm³/mol. The van der Waals surface area contributed by atoms with Gasteiger partial charge in [0.1, 0.15) is 0 Å². The molecule has 0 saturated heterocycles. The quantitative estimate of drug-likeness (QED) is 0.392. The first kappa shape index (κ1) is 17.7. The van der Waals surface area contributed by atoms with E-state index in [-0.39, 0.29) is 5.91 Å². The van der Waals surface area contributed by atoms with Crippen LogP contribution in [-0.2, 0) is 4.79 Å². The number of unbranched alkanes of at least 4 members (excludes halogenated alkanes) is 4. The molecule has 0 aliphatic carbocycles. The normalized spacial score (nSPS) is 11.5. The summed E-state index contributed by atoms with van der Waals surface area (Å²) in [4.78, 5) is 11.7. The van der Waals surface area contributed by atoms with Gasteiger partial charge in [0.2, 0.25) is 5.91 Å². The maximum atomic E-state index is 11.7. The lowest BCUT2D eigenvalue weighted by Crippen LogP contribution is -2.19. The third kappa shape index (κ3) is 7.28. The van der Waals surface area contributed by atoms with Gasteiger partial charge in [-0.05, 0) is 30.5 Å². The average Bonchev–Trinajstić information content (AvgIpc) is 2.49. The van der Waals surface area contributed by atoms with Crippen molar-refractivity contribution in [2.45, 2.75) is 58.8 Å². The molecule has 1 aromatic carbocycles. The fourth-order valence-electron chi connectivity index (χ4n) is 2.06. The minimum Gasteiger partial charge on any atom is -0.273 e. The Bertz CT molecular complexity index is 454. The summed E-state index contributed by atoms with van der Waals surface area (Å²) in [5.41, 5.74) is 4.51. The molecule has 0 aliphatic rings. The van der Waals surface area contributed by atoms with Crippen LogP contribution in [0.2, 0.25) is 5.02 Å². The van der Waals surface area contributed by atoms with E-state index in [0.717, 1.165) is 30.5 Å². The van der Waals surface area contributed by atoms with Gasteiger partial charge in [-0.1, -0.05) is 63.3 Å². The van der Waals surface area contributed by atoms with E-state index >= 15 is 0 Å². The van der Waals surface area contributed by atoms with E-state index in [0.29, 0.717) is 11.4 Å². The van der Waals surface area contributed by atoms with Crippen LogP contribution in [0.5, 0.6) is 0 Å². The van der Waals surface area contributed by atoms with Crippen molar-refractivity contribution in [1.29, 1.82) is 0 Å². The molecule has 1 amide bonds. The third-order valence-corrected chi connectivity index (χ3v) is 3.59. The van der Waals surface area contributed by atoms with Gasteiger partial charge in [0.25, 0.3) is 0 Å². The Morgan fingerprint density at radius 3 is 2.38 bits per heavy atom. The van der Waals surface area contributed by atoms with Gasteiger partial charge in [-0.3, -0.25) is 4.79 Å². The van der Waals surface area contributed by atoms with Crippen molar-refractivity contribution in [2.75, 3.05) is 0 Å². The van der Waals surface area contributed by atoms with Crippen LogP contribution in [0.25, 0.3) is 0 Å². The lowest BCUT2D eigenvalue weighted by molar-refractivity contribution is -0.121. The molecule has 1 N–H and O–H groups in total. The standard InChI is InChI=1S/C17H25ClN2O/c1-3-5-6-7-8-9-17(21)20-19-16(4-2)14-10-12-15(18)13-11-14/h10-13H,3-9H2,1-2H3,(H,20,21). The number of nitrogens with zero attached hydrogens (tertiary/aromatic N) is 1. The van der Waals surface area contributed by atoms with E-state index < -0.39 is 0 Å².